The Morgan fingerprint density at radius 2 is 2.08 bits per heavy atom. The van der Waals surface area contributed by atoms with Crippen molar-refractivity contribution in [3.8, 4) is 0 Å². The number of nitrogens with one attached hydrogen (secondary N) is 1. The molecule has 0 aliphatic carbocycles. The molecular formula is C9H22N2O. The Kier molecular flexibility index (Phi) is 5.46. The van der Waals surface area contributed by atoms with Gasteiger partial charge in [-0.3, -0.25) is 0 Å². The van der Waals surface area contributed by atoms with Crippen LogP contribution >= 0.6 is 0 Å². The number of nitrogens with two attached hydrogens (primary N) is 1. The summed E-state index contributed by atoms with van der Waals surface area (Å²) in [5.41, 5.74) is 5.69. The summed E-state index contributed by atoms with van der Waals surface area (Å²) in [5.74, 6) is 0.488. The molecule has 0 aromatic heterocycles. The molecule has 3 nitrogen and oxygen atoms in total. The number of hydrogen-bond acceptors (Lipinski definition) is 3. The van der Waals surface area contributed by atoms with Crippen molar-refractivity contribution < 1.29 is 4.74 Å². The van der Waals surface area contributed by atoms with Crippen LogP contribution in [0.5, 0.6) is 0 Å². The molecule has 0 saturated carbocycles. The van der Waals surface area contributed by atoms with E-state index in [9.17, 15) is 0 Å². The number of rotatable bonds is 6. The first kappa shape index (κ1) is 11.9. The molecule has 12 heavy (non-hydrogen) atoms. The van der Waals surface area contributed by atoms with Crippen molar-refractivity contribution in [3.63, 3.8) is 0 Å². The molecule has 0 fully saturated rings. The van der Waals surface area contributed by atoms with E-state index in [2.05, 4.69) is 26.1 Å². The van der Waals surface area contributed by atoms with Gasteiger partial charge in [0, 0.05) is 13.7 Å². The molecule has 0 aromatic rings. The Hall–Kier alpha value is -0.120. The maximum Gasteiger partial charge on any atom is 0.0659 e. The predicted octanol–water partition coefficient (Wildman–Crippen LogP) is 0.596. The number of likely N-dealkylation sites (N-methyl/N-ethyl adjacent to an activating group) is 1. The Labute approximate surface area is 75.7 Å². The minimum absolute atomic E-state index is 0.0521. The zero-order chi connectivity index (χ0) is 9.61. The zero-order valence-electron chi connectivity index (χ0n) is 8.68. The summed E-state index contributed by atoms with van der Waals surface area (Å²) in [4.78, 5) is 0. The van der Waals surface area contributed by atoms with Gasteiger partial charge in [0.2, 0.25) is 0 Å². The average Bonchev–Trinajstić information content (AvgIpc) is 2.03. The Morgan fingerprint density at radius 1 is 1.50 bits per heavy atom. The fourth-order valence-electron chi connectivity index (χ4n) is 1.40. The molecule has 0 radical (unpaired) electrons. The molecule has 0 heterocycles. The van der Waals surface area contributed by atoms with Crippen LogP contribution in [0.1, 0.15) is 20.8 Å². The van der Waals surface area contributed by atoms with E-state index in [1.807, 2.05) is 0 Å². The monoisotopic (exact) mass is 174 g/mol. The van der Waals surface area contributed by atoms with Crippen LogP contribution in [0, 0.1) is 5.92 Å². The number of ether oxygens (including phenoxy) is 1. The standard InChI is InChI=1S/C9H22N2O/c1-5-11-9(6-10,7-12-4)8(2)3/h8,11H,5-7,10H2,1-4H3. The van der Waals surface area contributed by atoms with Crippen LogP contribution < -0.4 is 11.1 Å². The molecular weight excluding hydrogens is 152 g/mol. The van der Waals surface area contributed by atoms with E-state index in [0.717, 1.165) is 6.54 Å². The van der Waals surface area contributed by atoms with E-state index in [1.165, 1.54) is 0 Å². The summed E-state index contributed by atoms with van der Waals surface area (Å²) < 4.78 is 5.17. The van der Waals surface area contributed by atoms with Gasteiger partial charge in [0.1, 0.15) is 0 Å². The SMILES string of the molecule is CCNC(CN)(COC)C(C)C. The van der Waals surface area contributed by atoms with Crippen molar-refractivity contribution in [2.24, 2.45) is 11.7 Å². The van der Waals surface area contributed by atoms with Crippen molar-refractivity contribution in [3.05, 3.63) is 0 Å². The van der Waals surface area contributed by atoms with Crippen LogP contribution in [-0.4, -0.2) is 32.3 Å². The first-order valence-electron chi connectivity index (χ1n) is 4.57. The maximum atomic E-state index is 5.74. The molecule has 0 aromatic carbocycles. The van der Waals surface area contributed by atoms with E-state index in [0.29, 0.717) is 19.1 Å². The second-order valence-electron chi connectivity index (χ2n) is 3.48. The molecule has 1 unspecified atom stereocenters. The van der Waals surface area contributed by atoms with Gasteiger partial charge in [-0.15, -0.1) is 0 Å². The fraction of sp³-hybridized carbons (Fsp3) is 1.00. The second-order valence-corrected chi connectivity index (χ2v) is 3.48. The average molecular weight is 174 g/mol. The molecule has 0 aliphatic rings. The summed E-state index contributed by atoms with van der Waals surface area (Å²) >= 11 is 0. The molecule has 0 amide bonds. The lowest BCUT2D eigenvalue weighted by Crippen LogP contribution is -2.58. The normalized spacial score (nSPS) is 16.5. The maximum absolute atomic E-state index is 5.74. The van der Waals surface area contributed by atoms with Crippen molar-refractivity contribution in [1.82, 2.24) is 5.32 Å². The summed E-state index contributed by atoms with van der Waals surface area (Å²) in [6.45, 7) is 8.63. The van der Waals surface area contributed by atoms with E-state index in [4.69, 9.17) is 10.5 Å². The highest BCUT2D eigenvalue weighted by molar-refractivity contribution is 4.91. The molecule has 3 heteroatoms. The Balaban J connectivity index is 4.28. The molecule has 0 spiro atoms. The molecule has 3 N–H and O–H groups in total. The highest BCUT2D eigenvalue weighted by Gasteiger charge is 2.30. The molecule has 0 aliphatic heterocycles. The molecule has 1 atom stereocenters. The van der Waals surface area contributed by atoms with Crippen LogP contribution in [0.15, 0.2) is 0 Å². The summed E-state index contributed by atoms with van der Waals surface area (Å²) in [6, 6.07) is 0. The minimum Gasteiger partial charge on any atom is -0.383 e. The van der Waals surface area contributed by atoms with Gasteiger partial charge in [-0.1, -0.05) is 20.8 Å². The van der Waals surface area contributed by atoms with Crippen LogP contribution in [0.25, 0.3) is 0 Å². The third-order valence-electron chi connectivity index (χ3n) is 2.40. The predicted molar refractivity (Wildman–Crippen MR) is 52.2 cm³/mol. The number of methoxy groups -OCH3 is 1. The summed E-state index contributed by atoms with van der Waals surface area (Å²) in [7, 11) is 1.71. The Bertz CT molecular complexity index is 109. The van der Waals surface area contributed by atoms with E-state index >= 15 is 0 Å². The quantitative estimate of drug-likeness (QED) is 0.620. The first-order chi connectivity index (χ1) is 5.63. The van der Waals surface area contributed by atoms with Crippen LogP contribution in [0.2, 0.25) is 0 Å². The summed E-state index contributed by atoms with van der Waals surface area (Å²) in [5, 5.41) is 3.40. The minimum atomic E-state index is -0.0521. The van der Waals surface area contributed by atoms with Gasteiger partial charge >= 0.3 is 0 Å². The van der Waals surface area contributed by atoms with Crippen molar-refractivity contribution in [2.75, 3.05) is 26.8 Å². The van der Waals surface area contributed by atoms with Gasteiger partial charge in [0.05, 0.1) is 12.1 Å². The van der Waals surface area contributed by atoms with Crippen LogP contribution in [0.4, 0.5) is 0 Å². The van der Waals surface area contributed by atoms with Gasteiger partial charge < -0.3 is 15.8 Å². The lowest BCUT2D eigenvalue weighted by molar-refractivity contribution is 0.0845. The van der Waals surface area contributed by atoms with Crippen molar-refractivity contribution in [1.29, 1.82) is 0 Å². The van der Waals surface area contributed by atoms with Gasteiger partial charge in [0.25, 0.3) is 0 Å². The second kappa shape index (κ2) is 5.51. The van der Waals surface area contributed by atoms with Gasteiger partial charge in [0.15, 0.2) is 0 Å². The molecule has 0 saturated heterocycles. The third kappa shape index (κ3) is 2.73. The first-order valence-corrected chi connectivity index (χ1v) is 4.57. The molecule has 0 bridgehead atoms. The van der Waals surface area contributed by atoms with Crippen molar-refractivity contribution >= 4 is 0 Å². The number of hydrogen-bond donors (Lipinski definition) is 2. The smallest absolute Gasteiger partial charge is 0.0659 e. The highest BCUT2D eigenvalue weighted by Crippen LogP contribution is 2.15. The van der Waals surface area contributed by atoms with E-state index < -0.39 is 0 Å². The van der Waals surface area contributed by atoms with Crippen molar-refractivity contribution in [2.45, 2.75) is 26.3 Å². The topological polar surface area (TPSA) is 47.3 Å². The zero-order valence-corrected chi connectivity index (χ0v) is 8.68. The summed E-state index contributed by atoms with van der Waals surface area (Å²) in [6.07, 6.45) is 0. The van der Waals surface area contributed by atoms with Crippen LogP contribution in [-0.2, 0) is 4.74 Å². The third-order valence-corrected chi connectivity index (χ3v) is 2.40. The van der Waals surface area contributed by atoms with Gasteiger partial charge in [-0.25, -0.2) is 0 Å². The largest absolute Gasteiger partial charge is 0.383 e. The van der Waals surface area contributed by atoms with Gasteiger partial charge in [-0.05, 0) is 12.5 Å². The van der Waals surface area contributed by atoms with E-state index in [1.54, 1.807) is 7.11 Å². The lowest BCUT2D eigenvalue weighted by Gasteiger charge is -2.36. The molecule has 74 valence electrons. The molecule has 0 rings (SSSR count). The van der Waals surface area contributed by atoms with Gasteiger partial charge in [-0.2, -0.15) is 0 Å². The van der Waals surface area contributed by atoms with E-state index in [-0.39, 0.29) is 5.54 Å². The Morgan fingerprint density at radius 3 is 2.33 bits per heavy atom. The lowest BCUT2D eigenvalue weighted by atomic mass is 9.87. The van der Waals surface area contributed by atoms with Crippen LogP contribution in [0.3, 0.4) is 0 Å². The highest BCUT2D eigenvalue weighted by atomic mass is 16.5. The fourth-order valence-corrected chi connectivity index (χ4v) is 1.40.